The van der Waals surface area contributed by atoms with Crippen LogP contribution in [0.25, 0.3) is 0 Å². The van der Waals surface area contributed by atoms with E-state index >= 15 is 0 Å². The first-order valence-corrected chi connectivity index (χ1v) is 8.95. The fourth-order valence-corrected chi connectivity index (χ4v) is 2.79. The smallest absolute Gasteiger partial charge is 0.410 e. The molecule has 0 aliphatic carbocycles. The highest BCUT2D eigenvalue weighted by Gasteiger charge is 2.26. The largest absolute Gasteiger partial charge is 0.507 e. The molecule has 1 aromatic carbocycles. The molecule has 1 fully saturated rings. The number of carbonyl (C=O) groups is 1. The zero-order valence-corrected chi connectivity index (χ0v) is 16.4. The van der Waals surface area contributed by atoms with E-state index in [0.717, 1.165) is 5.56 Å². The van der Waals surface area contributed by atoms with Crippen LogP contribution in [0.4, 0.5) is 4.79 Å². The zero-order chi connectivity index (χ0) is 18.6. The van der Waals surface area contributed by atoms with Gasteiger partial charge in [-0.2, -0.15) is 0 Å². The van der Waals surface area contributed by atoms with Crippen LogP contribution in [-0.4, -0.2) is 58.7 Å². The maximum absolute atomic E-state index is 12.1. The number of rotatable bonds is 2. The number of aromatic hydroxyl groups is 1. The van der Waals surface area contributed by atoms with Crippen LogP contribution < -0.4 is 5.73 Å². The predicted octanol–water partition coefficient (Wildman–Crippen LogP) is 2.52. The summed E-state index contributed by atoms with van der Waals surface area (Å²) in [6.45, 7) is 8.33. The molecule has 8 heteroatoms. The van der Waals surface area contributed by atoms with Crippen molar-refractivity contribution in [3.05, 3.63) is 28.2 Å². The van der Waals surface area contributed by atoms with Gasteiger partial charge in [0, 0.05) is 26.2 Å². The van der Waals surface area contributed by atoms with E-state index in [9.17, 15) is 9.90 Å². The third-order valence-electron chi connectivity index (χ3n) is 3.69. The Morgan fingerprint density at radius 2 is 1.88 bits per heavy atom. The predicted molar refractivity (Wildman–Crippen MR) is 101 cm³/mol. The number of amides is 1. The summed E-state index contributed by atoms with van der Waals surface area (Å²) in [7, 11) is 0. The quantitative estimate of drug-likeness (QED) is 0.574. The second kappa shape index (κ2) is 7.95. The molecule has 1 heterocycles. The lowest BCUT2D eigenvalue weighted by Gasteiger charge is -2.36. The Morgan fingerprint density at radius 1 is 1.28 bits per heavy atom. The van der Waals surface area contributed by atoms with Crippen LogP contribution in [0.2, 0.25) is 0 Å². The number of phenols is 1. The van der Waals surface area contributed by atoms with Crippen molar-refractivity contribution in [1.82, 2.24) is 9.80 Å². The van der Waals surface area contributed by atoms with Gasteiger partial charge in [-0.1, -0.05) is 6.07 Å². The van der Waals surface area contributed by atoms with Crippen LogP contribution in [0.15, 0.2) is 27.7 Å². The van der Waals surface area contributed by atoms with E-state index in [0.29, 0.717) is 43.2 Å². The third-order valence-corrected chi connectivity index (χ3v) is 4.33. The number of benzene rings is 1. The number of piperazine rings is 1. The summed E-state index contributed by atoms with van der Waals surface area (Å²) in [5, 5.41) is 9.51. The van der Waals surface area contributed by atoms with Gasteiger partial charge >= 0.3 is 6.09 Å². The molecule has 0 atom stereocenters. The van der Waals surface area contributed by atoms with Crippen LogP contribution in [0.5, 0.6) is 5.75 Å². The minimum absolute atomic E-state index is 0.193. The van der Waals surface area contributed by atoms with Crippen molar-refractivity contribution in [3.63, 3.8) is 0 Å². The highest BCUT2D eigenvalue weighted by atomic mass is 79.9. The van der Waals surface area contributed by atoms with E-state index in [1.165, 1.54) is 0 Å². The number of halogens is 1. The van der Waals surface area contributed by atoms with Crippen molar-refractivity contribution in [3.8, 4) is 5.75 Å². The highest BCUT2D eigenvalue weighted by molar-refractivity contribution is 9.10. The van der Waals surface area contributed by atoms with Gasteiger partial charge in [0.1, 0.15) is 11.4 Å². The topological polar surface area (TPSA) is 91.4 Å². The molecule has 0 radical (unpaired) electrons. The molecule has 1 saturated heterocycles. The van der Waals surface area contributed by atoms with Gasteiger partial charge in [-0.3, -0.25) is 0 Å². The lowest BCUT2D eigenvalue weighted by atomic mass is 10.2. The number of phenolic OH excluding ortho intramolecular Hbond substituents is 1. The maximum atomic E-state index is 12.1. The molecule has 7 nitrogen and oxygen atoms in total. The summed E-state index contributed by atoms with van der Waals surface area (Å²) in [6.07, 6.45) is -0.295. The Hall–Kier alpha value is -1.96. The van der Waals surface area contributed by atoms with Gasteiger partial charge in [-0.15, -0.1) is 0 Å². The maximum Gasteiger partial charge on any atom is 0.410 e. The zero-order valence-electron chi connectivity index (χ0n) is 14.8. The fourth-order valence-electron chi connectivity index (χ4n) is 2.37. The van der Waals surface area contributed by atoms with E-state index in [4.69, 9.17) is 10.5 Å². The Balaban J connectivity index is 1.87. The molecule has 1 amide bonds. The van der Waals surface area contributed by atoms with Crippen LogP contribution >= 0.6 is 15.9 Å². The molecule has 1 aliphatic rings. The van der Waals surface area contributed by atoms with Gasteiger partial charge in [-0.25, -0.2) is 9.79 Å². The van der Waals surface area contributed by atoms with Crippen molar-refractivity contribution in [2.75, 3.05) is 26.2 Å². The van der Waals surface area contributed by atoms with E-state index in [1.807, 2.05) is 31.7 Å². The molecule has 3 N–H and O–H groups in total. The molecule has 0 aromatic heterocycles. The lowest BCUT2D eigenvalue weighted by Crippen LogP contribution is -2.53. The van der Waals surface area contributed by atoms with Crippen molar-refractivity contribution in [2.45, 2.75) is 32.9 Å². The molecule has 1 aliphatic heterocycles. The Bertz CT molecular complexity index is 650. The number of nitrogens with zero attached hydrogens (tertiary/aromatic N) is 3. The number of hydrogen-bond donors (Lipinski definition) is 2. The van der Waals surface area contributed by atoms with Gasteiger partial charge < -0.3 is 25.4 Å². The summed E-state index contributed by atoms with van der Waals surface area (Å²) >= 11 is 3.28. The molecular weight excluding hydrogens is 388 g/mol. The number of nitrogens with two attached hydrogens (primary N) is 1. The van der Waals surface area contributed by atoms with Crippen LogP contribution in [0.1, 0.15) is 26.3 Å². The fraction of sp³-hybridized carbons (Fsp3) is 0.529. The standard InChI is InChI=1S/C17H25BrN4O3/c1-17(2,3)25-16(24)22-8-6-21(7-9-22)15(19)20-11-12-4-5-14(23)13(18)10-12/h4-5,10,23H,6-9,11H2,1-3H3,(H2,19,20). The highest BCUT2D eigenvalue weighted by Crippen LogP contribution is 2.24. The molecule has 1 aromatic rings. The molecule has 138 valence electrons. The minimum atomic E-state index is -0.493. The van der Waals surface area contributed by atoms with Crippen molar-refractivity contribution in [1.29, 1.82) is 0 Å². The first kappa shape index (κ1) is 19.4. The number of ether oxygens (including phenoxy) is 1. The Morgan fingerprint density at radius 3 is 2.44 bits per heavy atom. The SMILES string of the molecule is CC(C)(C)OC(=O)N1CCN(C(N)=NCc2ccc(O)c(Br)c2)CC1. The molecule has 0 bridgehead atoms. The second-order valence-electron chi connectivity index (χ2n) is 6.91. The van der Waals surface area contributed by atoms with Gasteiger partial charge in [-0.05, 0) is 54.4 Å². The van der Waals surface area contributed by atoms with Gasteiger partial charge in [0.2, 0.25) is 0 Å². The van der Waals surface area contributed by atoms with E-state index in [-0.39, 0.29) is 11.8 Å². The number of aliphatic imine (C=N–C) groups is 1. The number of carbonyl (C=O) groups excluding carboxylic acids is 1. The molecule has 0 unspecified atom stereocenters. The molecule has 0 spiro atoms. The second-order valence-corrected chi connectivity index (χ2v) is 7.77. The molecular formula is C17H25BrN4O3. The summed E-state index contributed by atoms with van der Waals surface area (Å²) in [6, 6.07) is 5.23. The summed E-state index contributed by atoms with van der Waals surface area (Å²) < 4.78 is 6.01. The minimum Gasteiger partial charge on any atom is -0.507 e. The summed E-state index contributed by atoms with van der Waals surface area (Å²) in [5.41, 5.74) is 6.52. The van der Waals surface area contributed by atoms with E-state index < -0.39 is 5.60 Å². The van der Waals surface area contributed by atoms with Gasteiger partial charge in [0.25, 0.3) is 0 Å². The molecule has 0 saturated carbocycles. The molecule has 25 heavy (non-hydrogen) atoms. The van der Waals surface area contributed by atoms with Crippen molar-refractivity contribution in [2.24, 2.45) is 10.7 Å². The Labute approximate surface area is 156 Å². The van der Waals surface area contributed by atoms with E-state index in [2.05, 4.69) is 20.9 Å². The first-order chi connectivity index (χ1) is 11.7. The molecule has 2 rings (SSSR count). The van der Waals surface area contributed by atoms with Crippen molar-refractivity contribution >= 4 is 28.0 Å². The van der Waals surface area contributed by atoms with Crippen LogP contribution in [0.3, 0.4) is 0 Å². The lowest BCUT2D eigenvalue weighted by molar-refractivity contribution is 0.0186. The van der Waals surface area contributed by atoms with E-state index in [1.54, 1.807) is 17.0 Å². The van der Waals surface area contributed by atoms with Crippen LogP contribution in [0, 0.1) is 0 Å². The van der Waals surface area contributed by atoms with Gasteiger partial charge in [0.15, 0.2) is 5.96 Å². The summed E-state index contributed by atoms with van der Waals surface area (Å²) in [5.74, 6) is 0.645. The normalized spacial score (nSPS) is 16.1. The number of guanidine groups is 1. The Kier molecular flexibility index (Phi) is 6.16. The van der Waals surface area contributed by atoms with Crippen molar-refractivity contribution < 1.29 is 14.6 Å². The monoisotopic (exact) mass is 412 g/mol. The van der Waals surface area contributed by atoms with Crippen LogP contribution in [-0.2, 0) is 11.3 Å². The number of hydrogen-bond acceptors (Lipinski definition) is 4. The first-order valence-electron chi connectivity index (χ1n) is 8.16. The average molecular weight is 413 g/mol. The van der Waals surface area contributed by atoms with Gasteiger partial charge in [0.05, 0.1) is 11.0 Å². The third kappa shape index (κ3) is 5.81. The summed E-state index contributed by atoms with van der Waals surface area (Å²) in [4.78, 5) is 20.1. The average Bonchev–Trinajstić information content (AvgIpc) is 2.54.